The molecule has 2 N–H and O–H groups in total. The van der Waals surface area contributed by atoms with Gasteiger partial charge in [0.15, 0.2) is 0 Å². The highest BCUT2D eigenvalue weighted by Gasteiger charge is 2.23. The van der Waals surface area contributed by atoms with Crippen LogP contribution in [0.25, 0.3) is 0 Å². The number of hydrogen-bond acceptors (Lipinski definition) is 2. The number of hydrogen-bond donors (Lipinski definition) is 1. The summed E-state index contributed by atoms with van der Waals surface area (Å²) in [5.41, 5.74) is 9.93. The number of rotatable bonds is 2. The molecule has 0 amide bonds. The highest BCUT2D eigenvalue weighted by Crippen LogP contribution is 2.35. The molecule has 0 saturated heterocycles. The quantitative estimate of drug-likeness (QED) is 0.790. The van der Waals surface area contributed by atoms with Crippen LogP contribution < -0.4 is 10.6 Å². The van der Waals surface area contributed by atoms with Gasteiger partial charge in [0.05, 0.1) is 11.4 Å². The summed E-state index contributed by atoms with van der Waals surface area (Å²) in [4.78, 5) is 2.55. The molecule has 0 bridgehead atoms. The van der Waals surface area contributed by atoms with Gasteiger partial charge in [0.1, 0.15) is 0 Å². The predicted molar refractivity (Wildman–Crippen MR) is 73.3 cm³/mol. The molecule has 1 fully saturated rings. The van der Waals surface area contributed by atoms with Crippen molar-refractivity contribution in [3.05, 3.63) is 23.8 Å². The lowest BCUT2D eigenvalue weighted by atomic mass is 9.98. The fourth-order valence-electron chi connectivity index (χ4n) is 3.46. The van der Waals surface area contributed by atoms with Crippen molar-refractivity contribution in [3.63, 3.8) is 0 Å². The Balaban J connectivity index is 1.83. The summed E-state index contributed by atoms with van der Waals surface area (Å²) >= 11 is 0. The van der Waals surface area contributed by atoms with E-state index in [9.17, 15) is 0 Å². The van der Waals surface area contributed by atoms with Crippen LogP contribution >= 0.6 is 0 Å². The van der Waals surface area contributed by atoms with E-state index in [1.165, 1.54) is 62.9 Å². The Bertz CT molecular complexity index is 394. The van der Waals surface area contributed by atoms with Gasteiger partial charge < -0.3 is 10.6 Å². The number of nitrogens with two attached hydrogens (primary N) is 1. The first-order chi connectivity index (χ1) is 8.34. The van der Waals surface area contributed by atoms with Gasteiger partial charge in [0.2, 0.25) is 0 Å². The van der Waals surface area contributed by atoms with Crippen molar-refractivity contribution in [2.24, 2.45) is 5.92 Å². The Labute approximate surface area is 104 Å². The summed E-state index contributed by atoms with van der Waals surface area (Å²) in [5, 5.41) is 0. The Hall–Kier alpha value is -1.18. The third kappa shape index (κ3) is 2.13. The van der Waals surface area contributed by atoms with Crippen molar-refractivity contribution in [3.8, 4) is 0 Å². The first kappa shape index (κ1) is 10.9. The molecule has 2 heteroatoms. The summed E-state index contributed by atoms with van der Waals surface area (Å²) < 4.78 is 0. The number of nitrogen functional groups attached to an aromatic ring is 1. The second-order valence-electron chi connectivity index (χ2n) is 5.56. The molecule has 0 unspecified atom stereocenters. The molecular weight excluding hydrogens is 208 g/mol. The largest absolute Gasteiger partial charge is 0.397 e. The summed E-state index contributed by atoms with van der Waals surface area (Å²) in [6, 6.07) is 6.38. The molecule has 0 radical (unpaired) electrons. The van der Waals surface area contributed by atoms with Crippen LogP contribution in [-0.4, -0.2) is 13.1 Å². The van der Waals surface area contributed by atoms with Gasteiger partial charge in [-0.3, -0.25) is 0 Å². The van der Waals surface area contributed by atoms with Crippen LogP contribution in [-0.2, 0) is 6.42 Å². The maximum Gasteiger partial charge on any atom is 0.0632 e. The van der Waals surface area contributed by atoms with Crippen molar-refractivity contribution < 1.29 is 0 Å². The van der Waals surface area contributed by atoms with E-state index in [2.05, 4.69) is 17.0 Å². The summed E-state index contributed by atoms with van der Waals surface area (Å²) in [6.07, 6.45) is 8.16. The number of para-hydroxylation sites is 1. The molecule has 1 aliphatic carbocycles. The molecule has 0 aromatic heterocycles. The van der Waals surface area contributed by atoms with Crippen LogP contribution in [0.4, 0.5) is 11.4 Å². The molecule has 92 valence electrons. The van der Waals surface area contributed by atoms with Crippen molar-refractivity contribution in [2.45, 2.75) is 38.5 Å². The van der Waals surface area contributed by atoms with Crippen LogP contribution in [0.5, 0.6) is 0 Å². The minimum atomic E-state index is 0.903. The zero-order chi connectivity index (χ0) is 11.7. The number of nitrogens with zero attached hydrogens (tertiary/aromatic N) is 1. The summed E-state index contributed by atoms with van der Waals surface area (Å²) in [6.45, 7) is 2.42. The van der Waals surface area contributed by atoms with Crippen molar-refractivity contribution in [1.82, 2.24) is 0 Å². The van der Waals surface area contributed by atoms with E-state index in [0.29, 0.717) is 0 Å². The lowest BCUT2D eigenvalue weighted by Gasteiger charge is -2.34. The molecule has 1 aromatic carbocycles. The maximum atomic E-state index is 6.16. The molecule has 1 saturated carbocycles. The smallest absolute Gasteiger partial charge is 0.0632 e. The minimum Gasteiger partial charge on any atom is -0.397 e. The van der Waals surface area contributed by atoms with Gasteiger partial charge in [-0.1, -0.05) is 25.0 Å². The van der Waals surface area contributed by atoms with E-state index in [1.54, 1.807) is 0 Å². The van der Waals surface area contributed by atoms with Crippen LogP contribution in [0, 0.1) is 5.92 Å². The topological polar surface area (TPSA) is 29.3 Å². The average molecular weight is 230 g/mol. The van der Waals surface area contributed by atoms with Gasteiger partial charge >= 0.3 is 0 Å². The molecule has 1 heterocycles. The zero-order valence-electron chi connectivity index (χ0n) is 10.5. The first-order valence-corrected chi connectivity index (χ1v) is 6.97. The highest BCUT2D eigenvalue weighted by atomic mass is 15.1. The lowest BCUT2D eigenvalue weighted by molar-refractivity contribution is 0.519. The van der Waals surface area contributed by atoms with Crippen molar-refractivity contribution in [1.29, 1.82) is 0 Å². The van der Waals surface area contributed by atoms with Gasteiger partial charge in [0, 0.05) is 13.1 Å². The lowest BCUT2D eigenvalue weighted by Crippen LogP contribution is -2.34. The fraction of sp³-hybridized carbons (Fsp3) is 0.600. The van der Waals surface area contributed by atoms with Crippen molar-refractivity contribution >= 4 is 11.4 Å². The third-order valence-electron chi connectivity index (χ3n) is 4.29. The van der Waals surface area contributed by atoms with E-state index in [-0.39, 0.29) is 0 Å². The number of fused-ring (bicyclic) bond motifs is 1. The molecule has 17 heavy (non-hydrogen) atoms. The van der Waals surface area contributed by atoms with Crippen LogP contribution in [0.1, 0.15) is 37.7 Å². The predicted octanol–water partition coefficient (Wildman–Crippen LogP) is 3.21. The molecule has 1 aliphatic heterocycles. The Morgan fingerprint density at radius 1 is 1.18 bits per heavy atom. The standard InChI is InChI=1S/C15H22N2/c16-14-9-3-7-13-8-4-10-17(15(13)14)11-12-5-1-2-6-12/h3,7,9,12H,1-2,4-6,8,10-11,16H2. The molecule has 2 nitrogen and oxygen atoms in total. The first-order valence-electron chi connectivity index (χ1n) is 6.97. The number of aryl methyl sites for hydroxylation is 1. The van der Waals surface area contributed by atoms with Gasteiger partial charge in [-0.15, -0.1) is 0 Å². The molecule has 3 rings (SSSR count). The minimum absolute atomic E-state index is 0.903. The van der Waals surface area contributed by atoms with Crippen LogP contribution in [0.2, 0.25) is 0 Å². The normalized spacial score (nSPS) is 20.6. The maximum absolute atomic E-state index is 6.16. The second-order valence-corrected chi connectivity index (χ2v) is 5.56. The summed E-state index contributed by atoms with van der Waals surface area (Å²) in [5.74, 6) is 0.903. The summed E-state index contributed by atoms with van der Waals surface area (Å²) in [7, 11) is 0. The fourth-order valence-corrected chi connectivity index (χ4v) is 3.46. The van der Waals surface area contributed by atoms with Crippen LogP contribution in [0.3, 0.4) is 0 Å². The number of anilines is 2. The Morgan fingerprint density at radius 3 is 2.82 bits per heavy atom. The molecular formula is C15H22N2. The van der Waals surface area contributed by atoms with Crippen LogP contribution in [0.15, 0.2) is 18.2 Å². The van der Waals surface area contributed by atoms with E-state index in [4.69, 9.17) is 5.73 Å². The molecule has 2 aliphatic rings. The monoisotopic (exact) mass is 230 g/mol. The molecule has 0 spiro atoms. The third-order valence-corrected chi connectivity index (χ3v) is 4.29. The SMILES string of the molecule is Nc1cccc2c1N(CC1CCCC1)CCC2. The van der Waals surface area contributed by atoms with Gasteiger partial charge in [-0.05, 0) is 43.2 Å². The zero-order valence-corrected chi connectivity index (χ0v) is 10.5. The van der Waals surface area contributed by atoms with E-state index < -0.39 is 0 Å². The van der Waals surface area contributed by atoms with E-state index in [1.807, 2.05) is 6.07 Å². The second kappa shape index (κ2) is 4.59. The van der Waals surface area contributed by atoms with Gasteiger partial charge in [-0.25, -0.2) is 0 Å². The van der Waals surface area contributed by atoms with Gasteiger partial charge in [0.25, 0.3) is 0 Å². The Kier molecular flexibility index (Phi) is 2.96. The van der Waals surface area contributed by atoms with E-state index >= 15 is 0 Å². The highest BCUT2D eigenvalue weighted by molar-refractivity contribution is 5.72. The Morgan fingerprint density at radius 2 is 2.00 bits per heavy atom. The van der Waals surface area contributed by atoms with Gasteiger partial charge in [-0.2, -0.15) is 0 Å². The van der Waals surface area contributed by atoms with Crippen molar-refractivity contribution in [2.75, 3.05) is 23.7 Å². The van der Waals surface area contributed by atoms with E-state index in [0.717, 1.165) is 11.6 Å². The number of benzene rings is 1. The molecule has 1 aromatic rings. The molecule has 0 atom stereocenters. The average Bonchev–Trinajstić information content (AvgIpc) is 2.82.